The molecule has 6 nitrogen and oxygen atoms in total. The van der Waals surface area contributed by atoms with Crippen molar-refractivity contribution in [3.63, 3.8) is 0 Å². The molecule has 0 aliphatic heterocycles. The number of carbonyl (C=O) groups excluding carboxylic acids is 2. The van der Waals surface area contributed by atoms with Crippen LogP contribution in [0.5, 0.6) is 5.75 Å². The number of benzene rings is 1. The van der Waals surface area contributed by atoms with Gasteiger partial charge in [0, 0.05) is 15.2 Å². The molecule has 0 aliphatic carbocycles. The van der Waals surface area contributed by atoms with Crippen molar-refractivity contribution in [2.24, 2.45) is 0 Å². The molecule has 0 atom stereocenters. The lowest BCUT2D eigenvalue weighted by molar-refractivity contribution is -0.123. The van der Waals surface area contributed by atoms with Crippen molar-refractivity contribution in [2.45, 2.75) is 6.92 Å². The summed E-state index contributed by atoms with van der Waals surface area (Å²) in [5, 5.41) is 4.35. The lowest BCUT2D eigenvalue weighted by Crippen LogP contribution is -2.43. The summed E-state index contributed by atoms with van der Waals surface area (Å²) in [6, 6.07) is 9.31. The zero-order valence-electron chi connectivity index (χ0n) is 13.6. The van der Waals surface area contributed by atoms with Gasteiger partial charge in [0.1, 0.15) is 16.5 Å². The van der Waals surface area contributed by atoms with Gasteiger partial charge in [0.15, 0.2) is 6.61 Å². The molecule has 9 heteroatoms. The van der Waals surface area contributed by atoms with Gasteiger partial charge in [-0.15, -0.1) is 22.7 Å². The Morgan fingerprint density at radius 1 is 1.19 bits per heavy atom. The van der Waals surface area contributed by atoms with Crippen LogP contribution in [0.15, 0.2) is 45.6 Å². The molecule has 0 aliphatic rings. The van der Waals surface area contributed by atoms with E-state index >= 15 is 0 Å². The Hall–Kier alpha value is -2.23. The van der Waals surface area contributed by atoms with Gasteiger partial charge in [-0.3, -0.25) is 20.4 Å². The van der Waals surface area contributed by atoms with Gasteiger partial charge in [-0.1, -0.05) is 12.1 Å². The van der Waals surface area contributed by atoms with Gasteiger partial charge in [-0.25, -0.2) is 4.98 Å². The first kappa shape index (κ1) is 18.6. The van der Waals surface area contributed by atoms with E-state index in [1.807, 2.05) is 36.6 Å². The fourth-order valence-corrected chi connectivity index (χ4v) is 4.30. The molecule has 2 N–H and O–H groups in total. The van der Waals surface area contributed by atoms with Crippen molar-refractivity contribution in [3.8, 4) is 15.6 Å². The molecule has 2 amide bonds. The summed E-state index contributed by atoms with van der Waals surface area (Å²) in [5.74, 6) is -0.345. The maximum absolute atomic E-state index is 12.1. The number of halogens is 1. The van der Waals surface area contributed by atoms with Gasteiger partial charge in [0.2, 0.25) is 0 Å². The minimum absolute atomic E-state index is 0.199. The largest absolute Gasteiger partial charge is 0.484 e. The van der Waals surface area contributed by atoms with Crippen LogP contribution >= 0.6 is 38.6 Å². The molecule has 0 bridgehead atoms. The van der Waals surface area contributed by atoms with Crippen molar-refractivity contribution < 1.29 is 14.3 Å². The summed E-state index contributed by atoms with van der Waals surface area (Å²) < 4.78 is 6.34. The summed E-state index contributed by atoms with van der Waals surface area (Å²) in [5.41, 5.74) is 5.93. The van der Waals surface area contributed by atoms with Crippen molar-refractivity contribution in [1.29, 1.82) is 0 Å². The number of rotatable bonds is 5. The predicted molar refractivity (Wildman–Crippen MR) is 105 cm³/mol. The molecule has 3 aromatic rings. The molecule has 134 valence electrons. The number of amides is 2. The van der Waals surface area contributed by atoms with Gasteiger partial charge in [-0.05, 0) is 46.6 Å². The number of thiazole rings is 1. The number of hydrogen-bond acceptors (Lipinski definition) is 6. The van der Waals surface area contributed by atoms with Crippen LogP contribution in [0.3, 0.4) is 0 Å². The highest BCUT2D eigenvalue weighted by atomic mass is 79.9. The van der Waals surface area contributed by atoms with Gasteiger partial charge < -0.3 is 4.74 Å². The van der Waals surface area contributed by atoms with Crippen molar-refractivity contribution in [3.05, 3.63) is 56.8 Å². The van der Waals surface area contributed by atoms with Crippen molar-refractivity contribution >= 4 is 50.4 Å². The number of nitrogens with one attached hydrogen (secondary N) is 2. The second-order valence-corrected chi connectivity index (χ2v) is 7.96. The Morgan fingerprint density at radius 2 is 2.04 bits per heavy atom. The second kappa shape index (κ2) is 8.43. The van der Waals surface area contributed by atoms with Crippen LogP contribution in [0, 0.1) is 6.92 Å². The van der Waals surface area contributed by atoms with Gasteiger partial charge >= 0.3 is 0 Å². The average Bonchev–Trinajstić information content (AvgIpc) is 3.27. The van der Waals surface area contributed by atoms with Crippen molar-refractivity contribution in [2.75, 3.05) is 6.61 Å². The number of thiophene rings is 1. The number of aromatic nitrogens is 1. The smallest absolute Gasteiger partial charge is 0.289 e. The molecule has 0 saturated carbocycles. The minimum atomic E-state index is -0.480. The Labute approximate surface area is 166 Å². The number of ether oxygens (including phenoxy) is 1. The molecule has 0 radical (unpaired) electrons. The van der Waals surface area contributed by atoms with Gasteiger partial charge in [0.05, 0.1) is 4.88 Å². The molecule has 3 rings (SSSR count). The first-order chi connectivity index (χ1) is 12.5. The Balaban J connectivity index is 1.49. The third-order valence-electron chi connectivity index (χ3n) is 3.19. The van der Waals surface area contributed by atoms with E-state index in [2.05, 4.69) is 31.8 Å². The number of hydrogen-bond donors (Lipinski definition) is 2. The highest BCUT2D eigenvalue weighted by molar-refractivity contribution is 9.10. The lowest BCUT2D eigenvalue weighted by atomic mass is 10.2. The summed E-state index contributed by atoms with van der Waals surface area (Å²) in [7, 11) is 0. The molecule has 0 saturated heterocycles. The number of nitrogens with zero attached hydrogens (tertiary/aromatic N) is 1. The Kier molecular flexibility index (Phi) is 6.02. The van der Waals surface area contributed by atoms with Crippen LogP contribution in [-0.4, -0.2) is 23.4 Å². The summed E-state index contributed by atoms with van der Waals surface area (Å²) in [6.07, 6.45) is 0. The lowest BCUT2D eigenvalue weighted by Gasteiger charge is -2.08. The van der Waals surface area contributed by atoms with Crippen LogP contribution in [0.1, 0.15) is 16.1 Å². The SMILES string of the molecule is Cc1cccc(OCC(=O)NNC(=O)c2csc(-c3cc(Br)cs3)n2)c1. The van der Waals surface area contributed by atoms with Crippen LogP contribution in [0.4, 0.5) is 0 Å². The summed E-state index contributed by atoms with van der Waals surface area (Å²) in [6.45, 7) is 1.74. The zero-order chi connectivity index (χ0) is 18.5. The normalized spacial score (nSPS) is 10.4. The topological polar surface area (TPSA) is 80.3 Å². The molecule has 2 aromatic heterocycles. The zero-order valence-corrected chi connectivity index (χ0v) is 16.8. The maximum atomic E-state index is 12.1. The summed E-state index contributed by atoms with van der Waals surface area (Å²) >= 11 is 6.29. The number of hydrazine groups is 1. The monoisotopic (exact) mass is 451 g/mol. The first-order valence-electron chi connectivity index (χ1n) is 7.50. The van der Waals surface area contributed by atoms with E-state index < -0.39 is 11.8 Å². The number of aryl methyl sites for hydroxylation is 1. The molecule has 26 heavy (non-hydrogen) atoms. The van der Waals surface area contributed by atoms with Gasteiger partial charge in [0.25, 0.3) is 11.8 Å². The molecular weight excluding hydrogens is 438 g/mol. The fraction of sp³-hybridized carbons (Fsp3) is 0.118. The predicted octanol–water partition coefficient (Wildman–Crippen LogP) is 3.78. The molecule has 1 aromatic carbocycles. The van der Waals surface area contributed by atoms with Crippen LogP contribution in [0.25, 0.3) is 9.88 Å². The molecule has 0 spiro atoms. The van der Waals surface area contributed by atoms with E-state index in [1.54, 1.807) is 11.4 Å². The van der Waals surface area contributed by atoms with E-state index in [9.17, 15) is 9.59 Å². The highest BCUT2D eigenvalue weighted by Crippen LogP contribution is 2.31. The number of carbonyl (C=O) groups is 2. The van der Waals surface area contributed by atoms with E-state index in [0.717, 1.165) is 19.9 Å². The molecule has 0 unspecified atom stereocenters. The third-order valence-corrected chi connectivity index (χ3v) is 5.89. The van der Waals surface area contributed by atoms with E-state index in [0.29, 0.717) is 5.75 Å². The first-order valence-corrected chi connectivity index (χ1v) is 10.0. The highest BCUT2D eigenvalue weighted by Gasteiger charge is 2.14. The molecular formula is C17H14BrN3O3S2. The Morgan fingerprint density at radius 3 is 2.77 bits per heavy atom. The molecule has 2 heterocycles. The van der Waals surface area contributed by atoms with E-state index in [4.69, 9.17) is 4.74 Å². The van der Waals surface area contributed by atoms with Crippen LogP contribution in [-0.2, 0) is 4.79 Å². The van der Waals surface area contributed by atoms with Crippen molar-refractivity contribution in [1.82, 2.24) is 15.8 Å². The fourth-order valence-electron chi connectivity index (χ4n) is 2.00. The van der Waals surface area contributed by atoms with Crippen LogP contribution < -0.4 is 15.6 Å². The summed E-state index contributed by atoms with van der Waals surface area (Å²) in [4.78, 5) is 29.1. The van der Waals surface area contributed by atoms with E-state index in [-0.39, 0.29) is 12.3 Å². The minimum Gasteiger partial charge on any atom is -0.484 e. The quantitative estimate of drug-likeness (QED) is 0.578. The molecule has 0 fully saturated rings. The standard InChI is InChI=1S/C17H14BrN3O3S2/c1-10-3-2-4-12(5-10)24-7-15(22)20-21-16(23)13-9-26-17(19-13)14-6-11(18)8-25-14/h2-6,8-9H,7H2,1H3,(H,20,22)(H,21,23). The van der Waals surface area contributed by atoms with E-state index in [1.165, 1.54) is 22.7 Å². The van der Waals surface area contributed by atoms with Crippen LogP contribution in [0.2, 0.25) is 0 Å². The Bertz CT molecular complexity index is 939. The van der Waals surface area contributed by atoms with Gasteiger partial charge in [-0.2, -0.15) is 0 Å². The second-order valence-electron chi connectivity index (χ2n) is 5.27. The third kappa shape index (κ3) is 4.90. The maximum Gasteiger partial charge on any atom is 0.289 e. The average molecular weight is 452 g/mol.